The number of aromatic nitrogens is 2. The number of nitrogens with zero attached hydrogens (tertiary/aromatic N) is 2. The van der Waals surface area contributed by atoms with Gasteiger partial charge in [-0.15, -0.1) is 6.58 Å². The van der Waals surface area contributed by atoms with Gasteiger partial charge in [-0.1, -0.05) is 6.08 Å². The van der Waals surface area contributed by atoms with Crippen LogP contribution in [0, 0.1) is 0 Å². The number of nitrogens with one attached hydrogen (secondary N) is 1. The van der Waals surface area contributed by atoms with Gasteiger partial charge < -0.3 is 5.32 Å². The summed E-state index contributed by atoms with van der Waals surface area (Å²) in [7, 11) is 1.93. The summed E-state index contributed by atoms with van der Waals surface area (Å²) in [6.45, 7) is 3.70. The molecule has 0 saturated heterocycles. The van der Waals surface area contributed by atoms with Crippen LogP contribution in [0.3, 0.4) is 0 Å². The van der Waals surface area contributed by atoms with Crippen molar-refractivity contribution in [2.45, 2.75) is 18.9 Å². The first kappa shape index (κ1) is 9.86. The highest BCUT2D eigenvalue weighted by Gasteiger charge is 2.08. The third-order valence-electron chi connectivity index (χ3n) is 1.95. The van der Waals surface area contributed by atoms with Crippen molar-refractivity contribution < 1.29 is 0 Å². The molecule has 0 aromatic carbocycles. The molecule has 0 saturated carbocycles. The molecule has 3 nitrogen and oxygen atoms in total. The molecule has 3 heteroatoms. The molecule has 1 atom stereocenters. The normalized spacial score (nSPS) is 12.4. The van der Waals surface area contributed by atoms with Gasteiger partial charge in [0.05, 0.1) is 11.7 Å². The molecule has 1 N–H and O–H groups in total. The zero-order valence-electron chi connectivity index (χ0n) is 7.90. The molecule has 70 valence electrons. The standard InChI is InChI=1S/C10H15N3/c1-3-4-5-9(11-2)10-8-12-6-7-13-10/h3,6-9,11H,1,4-5H2,2H3. The lowest BCUT2D eigenvalue weighted by Gasteiger charge is -2.13. The average molecular weight is 177 g/mol. The summed E-state index contributed by atoms with van der Waals surface area (Å²) in [5.41, 5.74) is 0.992. The fraction of sp³-hybridized carbons (Fsp3) is 0.400. The third-order valence-corrected chi connectivity index (χ3v) is 1.95. The summed E-state index contributed by atoms with van der Waals surface area (Å²) in [6.07, 6.45) is 9.11. The molecular formula is C10H15N3. The summed E-state index contributed by atoms with van der Waals surface area (Å²) in [6, 6.07) is 0.284. The maximum Gasteiger partial charge on any atom is 0.0756 e. The summed E-state index contributed by atoms with van der Waals surface area (Å²) in [5.74, 6) is 0. The number of rotatable bonds is 5. The minimum absolute atomic E-state index is 0.284. The van der Waals surface area contributed by atoms with Gasteiger partial charge in [0, 0.05) is 18.6 Å². The van der Waals surface area contributed by atoms with E-state index in [9.17, 15) is 0 Å². The van der Waals surface area contributed by atoms with Crippen LogP contribution in [0.25, 0.3) is 0 Å². The van der Waals surface area contributed by atoms with Crippen molar-refractivity contribution in [2.75, 3.05) is 7.05 Å². The minimum atomic E-state index is 0.284. The van der Waals surface area contributed by atoms with Crippen LogP contribution in [0.2, 0.25) is 0 Å². The number of hydrogen-bond donors (Lipinski definition) is 1. The Hall–Kier alpha value is -1.22. The molecule has 0 fully saturated rings. The molecule has 0 aliphatic heterocycles. The van der Waals surface area contributed by atoms with Crippen LogP contribution < -0.4 is 5.32 Å². The van der Waals surface area contributed by atoms with E-state index in [1.807, 2.05) is 13.1 Å². The van der Waals surface area contributed by atoms with Gasteiger partial charge in [0.2, 0.25) is 0 Å². The van der Waals surface area contributed by atoms with Crippen LogP contribution in [-0.4, -0.2) is 17.0 Å². The Morgan fingerprint density at radius 1 is 1.62 bits per heavy atom. The largest absolute Gasteiger partial charge is 0.312 e. The minimum Gasteiger partial charge on any atom is -0.312 e. The monoisotopic (exact) mass is 177 g/mol. The van der Waals surface area contributed by atoms with Crippen molar-refractivity contribution >= 4 is 0 Å². The molecule has 0 bridgehead atoms. The number of hydrogen-bond acceptors (Lipinski definition) is 3. The van der Waals surface area contributed by atoms with Gasteiger partial charge in [0.1, 0.15) is 0 Å². The molecule has 0 amide bonds. The quantitative estimate of drug-likeness (QED) is 0.696. The zero-order valence-corrected chi connectivity index (χ0v) is 7.90. The molecule has 1 heterocycles. The third kappa shape index (κ3) is 2.95. The van der Waals surface area contributed by atoms with Crippen molar-refractivity contribution in [1.29, 1.82) is 0 Å². The lowest BCUT2D eigenvalue weighted by atomic mass is 10.1. The van der Waals surface area contributed by atoms with Crippen LogP contribution in [0.4, 0.5) is 0 Å². The summed E-state index contributed by atoms with van der Waals surface area (Å²) in [4.78, 5) is 8.28. The highest BCUT2D eigenvalue weighted by Crippen LogP contribution is 2.14. The fourth-order valence-corrected chi connectivity index (χ4v) is 1.22. The fourth-order valence-electron chi connectivity index (χ4n) is 1.22. The Morgan fingerprint density at radius 3 is 3.00 bits per heavy atom. The first-order valence-corrected chi connectivity index (χ1v) is 4.42. The Morgan fingerprint density at radius 2 is 2.46 bits per heavy atom. The molecule has 0 radical (unpaired) electrons. The van der Waals surface area contributed by atoms with E-state index in [4.69, 9.17) is 0 Å². The van der Waals surface area contributed by atoms with E-state index in [0.29, 0.717) is 0 Å². The highest BCUT2D eigenvalue weighted by atomic mass is 14.9. The zero-order chi connectivity index (χ0) is 9.52. The smallest absolute Gasteiger partial charge is 0.0756 e. The van der Waals surface area contributed by atoms with E-state index in [0.717, 1.165) is 18.5 Å². The predicted molar refractivity (Wildman–Crippen MR) is 53.3 cm³/mol. The van der Waals surface area contributed by atoms with Crippen LogP contribution >= 0.6 is 0 Å². The second-order valence-corrected chi connectivity index (χ2v) is 2.84. The van der Waals surface area contributed by atoms with Gasteiger partial charge in [-0.3, -0.25) is 9.97 Å². The first-order chi connectivity index (χ1) is 6.38. The molecule has 1 aromatic heterocycles. The van der Waals surface area contributed by atoms with Gasteiger partial charge in [0.15, 0.2) is 0 Å². The Kier molecular flexibility index (Phi) is 4.12. The molecule has 0 spiro atoms. The lowest BCUT2D eigenvalue weighted by Crippen LogP contribution is -2.17. The van der Waals surface area contributed by atoms with E-state index in [1.54, 1.807) is 18.6 Å². The second-order valence-electron chi connectivity index (χ2n) is 2.84. The van der Waals surface area contributed by atoms with Crippen LogP contribution in [-0.2, 0) is 0 Å². The Bertz CT molecular complexity index is 246. The molecule has 1 aromatic rings. The maximum absolute atomic E-state index is 4.24. The average Bonchev–Trinajstić information content (AvgIpc) is 2.21. The molecule has 13 heavy (non-hydrogen) atoms. The maximum atomic E-state index is 4.24. The van der Waals surface area contributed by atoms with Crippen molar-refractivity contribution in [1.82, 2.24) is 15.3 Å². The van der Waals surface area contributed by atoms with Gasteiger partial charge in [-0.05, 0) is 19.9 Å². The lowest BCUT2D eigenvalue weighted by molar-refractivity contribution is 0.539. The van der Waals surface area contributed by atoms with Crippen molar-refractivity contribution in [2.24, 2.45) is 0 Å². The SMILES string of the molecule is C=CCCC(NC)c1cnccn1. The molecule has 1 unspecified atom stereocenters. The van der Waals surface area contributed by atoms with Gasteiger partial charge in [-0.25, -0.2) is 0 Å². The summed E-state index contributed by atoms with van der Waals surface area (Å²) >= 11 is 0. The summed E-state index contributed by atoms with van der Waals surface area (Å²) in [5, 5.41) is 3.20. The second kappa shape index (κ2) is 5.43. The van der Waals surface area contributed by atoms with Gasteiger partial charge >= 0.3 is 0 Å². The van der Waals surface area contributed by atoms with Gasteiger partial charge in [0.25, 0.3) is 0 Å². The van der Waals surface area contributed by atoms with E-state index in [-0.39, 0.29) is 6.04 Å². The van der Waals surface area contributed by atoms with E-state index < -0.39 is 0 Å². The topological polar surface area (TPSA) is 37.8 Å². The van der Waals surface area contributed by atoms with Crippen molar-refractivity contribution in [3.63, 3.8) is 0 Å². The van der Waals surface area contributed by atoms with Crippen LogP contribution in [0.15, 0.2) is 31.2 Å². The molecule has 0 aliphatic carbocycles. The van der Waals surface area contributed by atoms with Crippen molar-refractivity contribution in [3.05, 3.63) is 36.9 Å². The molecule has 1 rings (SSSR count). The van der Waals surface area contributed by atoms with Crippen molar-refractivity contribution in [3.8, 4) is 0 Å². The van der Waals surface area contributed by atoms with E-state index in [1.165, 1.54) is 0 Å². The Balaban J connectivity index is 2.61. The van der Waals surface area contributed by atoms with Crippen LogP contribution in [0.5, 0.6) is 0 Å². The molecule has 0 aliphatic rings. The Labute approximate surface area is 78.9 Å². The molecular weight excluding hydrogens is 162 g/mol. The predicted octanol–water partition coefficient (Wildman–Crippen LogP) is 1.70. The first-order valence-electron chi connectivity index (χ1n) is 4.42. The summed E-state index contributed by atoms with van der Waals surface area (Å²) < 4.78 is 0. The van der Waals surface area contributed by atoms with Crippen LogP contribution in [0.1, 0.15) is 24.6 Å². The van der Waals surface area contributed by atoms with E-state index in [2.05, 4.69) is 21.9 Å². The van der Waals surface area contributed by atoms with E-state index >= 15 is 0 Å². The number of allylic oxidation sites excluding steroid dienone is 1. The van der Waals surface area contributed by atoms with Gasteiger partial charge in [-0.2, -0.15) is 0 Å². The highest BCUT2D eigenvalue weighted by molar-refractivity contribution is 5.02.